The van der Waals surface area contributed by atoms with E-state index in [2.05, 4.69) is 0 Å². The molecule has 0 saturated carbocycles. The Balaban J connectivity index is 1.85. The Bertz CT molecular complexity index is 1020. The SMILES string of the molecule is F/C([18F])=C\c1ccc(-c2ccccc2COc2cc(C(F)(F)F)ccc2Cl)cc1. The van der Waals surface area contributed by atoms with Gasteiger partial charge in [0.25, 0.3) is 6.08 Å². The van der Waals surface area contributed by atoms with E-state index in [0.29, 0.717) is 11.1 Å². The van der Waals surface area contributed by atoms with Crippen molar-refractivity contribution in [1.29, 1.82) is 0 Å². The number of benzene rings is 3. The third-order valence-corrected chi connectivity index (χ3v) is 4.47. The van der Waals surface area contributed by atoms with Crippen LogP contribution in [0.2, 0.25) is 5.02 Å². The van der Waals surface area contributed by atoms with E-state index in [1.54, 1.807) is 42.5 Å². The summed E-state index contributed by atoms with van der Waals surface area (Å²) in [5.41, 5.74) is 1.75. The number of hydrogen-bond acceptors (Lipinski definition) is 1. The summed E-state index contributed by atoms with van der Waals surface area (Å²) in [4.78, 5) is 0. The van der Waals surface area contributed by atoms with Crippen molar-refractivity contribution in [2.24, 2.45) is 0 Å². The first-order valence-electron chi connectivity index (χ1n) is 8.44. The van der Waals surface area contributed by atoms with Crippen molar-refractivity contribution in [2.45, 2.75) is 12.8 Å². The molecule has 0 spiro atoms. The van der Waals surface area contributed by atoms with Gasteiger partial charge in [0.2, 0.25) is 0 Å². The van der Waals surface area contributed by atoms with Crippen LogP contribution in [0, 0.1) is 0 Å². The van der Waals surface area contributed by atoms with Gasteiger partial charge in [-0.05, 0) is 40.5 Å². The zero-order valence-corrected chi connectivity index (χ0v) is 15.6. The maximum absolute atomic E-state index is 12.9. The van der Waals surface area contributed by atoms with Crippen LogP contribution >= 0.6 is 11.6 Å². The summed E-state index contributed by atoms with van der Waals surface area (Å²) in [6, 6.07) is 16.5. The van der Waals surface area contributed by atoms with Crippen LogP contribution in [0.4, 0.5) is 22.0 Å². The molecule has 0 aromatic heterocycles. The minimum atomic E-state index is -4.50. The predicted octanol–water partition coefficient (Wildman–Crippen LogP) is 7.84. The third kappa shape index (κ3) is 5.35. The van der Waals surface area contributed by atoms with Crippen molar-refractivity contribution in [3.8, 4) is 16.9 Å². The fraction of sp³-hybridized carbons (Fsp3) is 0.0909. The minimum Gasteiger partial charge on any atom is -0.487 e. The minimum absolute atomic E-state index is 0.0159. The van der Waals surface area contributed by atoms with Crippen LogP contribution in [0.3, 0.4) is 0 Å². The second-order valence-corrected chi connectivity index (χ2v) is 6.55. The van der Waals surface area contributed by atoms with Crippen LogP contribution in [0.5, 0.6) is 5.75 Å². The summed E-state index contributed by atoms with van der Waals surface area (Å²) in [6.45, 7) is -0.0159. The van der Waals surface area contributed by atoms with Crippen LogP contribution in [0.25, 0.3) is 17.2 Å². The number of hydrogen-bond donors (Lipinski definition) is 0. The molecule has 0 aliphatic carbocycles. The second kappa shape index (κ2) is 8.66. The lowest BCUT2D eigenvalue weighted by molar-refractivity contribution is -0.137. The monoisotopic (exact) mass is 423 g/mol. The van der Waals surface area contributed by atoms with E-state index in [1.165, 1.54) is 0 Å². The molecular weight excluding hydrogens is 410 g/mol. The van der Waals surface area contributed by atoms with E-state index in [-0.39, 0.29) is 17.4 Å². The third-order valence-electron chi connectivity index (χ3n) is 4.16. The number of halogens is 6. The highest BCUT2D eigenvalue weighted by Gasteiger charge is 2.31. The van der Waals surface area contributed by atoms with Crippen LogP contribution in [0.1, 0.15) is 16.7 Å². The van der Waals surface area contributed by atoms with Gasteiger partial charge in [0.05, 0.1) is 10.6 Å². The van der Waals surface area contributed by atoms with Crippen molar-refractivity contribution in [2.75, 3.05) is 0 Å². The van der Waals surface area contributed by atoms with Gasteiger partial charge in [-0.1, -0.05) is 60.1 Å². The van der Waals surface area contributed by atoms with E-state index < -0.39 is 17.8 Å². The topological polar surface area (TPSA) is 9.23 Å². The van der Waals surface area contributed by atoms with Gasteiger partial charge in [-0.15, -0.1) is 0 Å². The molecule has 0 saturated heterocycles. The molecule has 0 aliphatic rings. The molecule has 3 aromatic rings. The zero-order chi connectivity index (χ0) is 21.0. The first-order valence-corrected chi connectivity index (χ1v) is 8.82. The Morgan fingerprint density at radius 1 is 0.931 bits per heavy atom. The van der Waals surface area contributed by atoms with Gasteiger partial charge >= 0.3 is 6.18 Å². The normalized spacial score (nSPS) is 12.1. The Labute approximate surface area is 169 Å². The predicted molar refractivity (Wildman–Crippen MR) is 103 cm³/mol. The van der Waals surface area contributed by atoms with Gasteiger partial charge in [-0.3, -0.25) is 0 Å². The fourth-order valence-electron chi connectivity index (χ4n) is 2.76. The highest BCUT2D eigenvalue weighted by molar-refractivity contribution is 6.32. The number of rotatable bonds is 5. The van der Waals surface area contributed by atoms with E-state index in [4.69, 9.17) is 16.3 Å². The van der Waals surface area contributed by atoms with Crippen molar-refractivity contribution in [1.82, 2.24) is 0 Å². The molecule has 29 heavy (non-hydrogen) atoms. The lowest BCUT2D eigenvalue weighted by Gasteiger charge is -2.14. The molecule has 0 N–H and O–H groups in total. The zero-order valence-electron chi connectivity index (χ0n) is 14.8. The van der Waals surface area contributed by atoms with E-state index in [1.807, 2.05) is 6.07 Å². The summed E-state index contributed by atoms with van der Waals surface area (Å²) < 4.78 is 69.0. The standard InChI is InChI=1S/C22H14ClF5O/c23-19-10-9-17(22(26,27)28)12-20(19)29-13-16-3-1-2-4-18(16)15-7-5-14(6-8-15)11-21(24)25/h1-12H,13H2/i24-1/b21-11-. The molecule has 3 rings (SSSR count). The van der Waals surface area contributed by atoms with Crippen molar-refractivity contribution < 1.29 is 26.7 Å². The van der Waals surface area contributed by atoms with Crippen LogP contribution in [0.15, 0.2) is 72.8 Å². The Hall–Kier alpha value is -2.86. The van der Waals surface area contributed by atoms with Gasteiger partial charge in [-0.25, -0.2) is 0 Å². The summed E-state index contributed by atoms with van der Waals surface area (Å²) in [5.74, 6) is -0.0739. The lowest BCUT2D eigenvalue weighted by atomic mass is 9.99. The second-order valence-electron chi connectivity index (χ2n) is 6.14. The molecule has 0 radical (unpaired) electrons. The molecule has 0 bridgehead atoms. The van der Waals surface area contributed by atoms with Crippen LogP contribution < -0.4 is 4.74 Å². The van der Waals surface area contributed by atoms with Crippen LogP contribution in [-0.4, -0.2) is 0 Å². The average Bonchev–Trinajstić information content (AvgIpc) is 2.67. The number of ether oxygens (including phenoxy) is 1. The molecule has 0 aliphatic heterocycles. The quantitative estimate of drug-likeness (QED) is 0.380. The molecule has 0 amide bonds. The maximum atomic E-state index is 12.9. The molecule has 150 valence electrons. The van der Waals surface area contributed by atoms with Crippen LogP contribution in [-0.2, 0) is 12.8 Å². The molecule has 0 fully saturated rings. The van der Waals surface area contributed by atoms with Crippen molar-refractivity contribution in [3.63, 3.8) is 0 Å². The summed E-state index contributed by atoms with van der Waals surface area (Å²) in [6.07, 6.45) is -5.53. The molecule has 3 aromatic carbocycles. The molecule has 0 unspecified atom stereocenters. The van der Waals surface area contributed by atoms with Gasteiger partial charge in [0, 0.05) is 6.08 Å². The summed E-state index contributed by atoms with van der Waals surface area (Å²) in [7, 11) is 0. The molecule has 0 heterocycles. The van der Waals surface area contributed by atoms with E-state index in [0.717, 1.165) is 35.4 Å². The fourth-order valence-corrected chi connectivity index (χ4v) is 2.93. The highest BCUT2D eigenvalue weighted by atomic mass is 35.5. The van der Waals surface area contributed by atoms with Crippen molar-refractivity contribution in [3.05, 3.63) is 94.5 Å². The van der Waals surface area contributed by atoms with Gasteiger partial charge < -0.3 is 4.74 Å². The van der Waals surface area contributed by atoms with Crippen molar-refractivity contribution >= 4 is 17.7 Å². The first-order chi connectivity index (χ1) is 13.7. The highest BCUT2D eigenvalue weighted by Crippen LogP contribution is 2.35. The Morgan fingerprint density at radius 2 is 1.62 bits per heavy atom. The number of alkyl halides is 3. The molecule has 1 nitrogen and oxygen atoms in total. The van der Waals surface area contributed by atoms with Gasteiger partial charge in [0.15, 0.2) is 0 Å². The largest absolute Gasteiger partial charge is 0.487 e. The lowest BCUT2D eigenvalue weighted by Crippen LogP contribution is -2.06. The smallest absolute Gasteiger partial charge is 0.416 e. The Kier molecular flexibility index (Phi) is 6.23. The average molecular weight is 424 g/mol. The van der Waals surface area contributed by atoms with Gasteiger partial charge in [-0.2, -0.15) is 22.0 Å². The Morgan fingerprint density at radius 3 is 2.28 bits per heavy atom. The first kappa shape index (κ1) is 20.9. The van der Waals surface area contributed by atoms with E-state index >= 15 is 0 Å². The molecular formula is C22H14ClF5O. The molecule has 7 heteroatoms. The van der Waals surface area contributed by atoms with E-state index in [9.17, 15) is 22.0 Å². The summed E-state index contributed by atoms with van der Waals surface area (Å²) in [5, 5.41) is 0.0693. The van der Waals surface area contributed by atoms with Gasteiger partial charge in [0.1, 0.15) is 12.4 Å². The maximum Gasteiger partial charge on any atom is 0.416 e. The summed E-state index contributed by atoms with van der Waals surface area (Å²) >= 11 is 5.97. The molecule has 0 atom stereocenters.